The van der Waals surface area contributed by atoms with Crippen molar-refractivity contribution in [1.82, 2.24) is 9.97 Å². The Labute approximate surface area is 173 Å². The van der Waals surface area contributed by atoms with Crippen LogP contribution in [0.3, 0.4) is 0 Å². The van der Waals surface area contributed by atoms with Gasteiger partial charge in [-0.05, 0) is 19.1 Å². The molecule has 2 aromatic heterocycles. The number of aromatic nitrogens is 2. The topological polar surface area (TPSA) is 59.2 Å². The van der Waals surface area contributed by atoms with Gasteiger partial charge in [-0.2, -0.15) is 0 Å². The first kappa shape index (κ1) is 18.8. The Morgan fingerprint density at radius 3 is 2.38 bits per heavy atom. The van der Waals surface area contributed by atoms with Gasteiger partial charge in [0.15, 0.2) is 10.8 Å². The lowest BCUT2D eigenvalue weighted by Gasteiger charge is -2.16. The van der Waals surface area contributed by atoms with Crippen molar-refractivity contribution in [3.05, 3.63) is 90.2 Å². The highest BCUT2D eigenvalue weighted by Crippen LogP contribution is 2.29. The molecule has 0 unspecified atom stereocenters. The quantitative estimate of drug-likeness (QED) is 0.394. The van der Waals surface area contributed by atoms with E-state index in [1.807, 2.05) is 66.0 Å². The van der Waals surface area contributed by atoms with Crippen molar-refractivity contribution in [2.75, 3.05) is 11.4 Å². The largest absolute Gasteiger partial charge is 0.441 e. The molecule has 4 aromatic rings. The van der Waals surface area contributed by atoms with E-state index < -0.39 is 0 Å². The van der Waals surface area contributed by atoms with Crippen molar-refractivity contribution in [3.63, 3.8) is 0 Å². The van der Waals surface area contributed by atoms with E-state index in [0.29, 0.717) is 23.3 Å². The Morgan fingerprint density at radius 2 is 1.72 bits per heavy atom. The molecule has 4 rings (SSSR count). The Kier molecular flexibility index (Phi) is 5.35. The van der Waals surface area contributed by atoms with E-state index in [9.17, 15) is 4.79 Å². The number of nitrogens with zero attached hydrogens (tertiary/aromatic N) is 3. The molecule has 0 spiro atoms. The smallest absolute Gasteiger partial charge is 0.282 e. The maximum atomic E-state index is 13.3. The standard InChI is InChI=1S/C23H19N3O2S/c1-3-14-26(23-24-19(15-29-23)17-10-6-4-7-11-17)22(27)20-16(2)28-21(25-20)18-12-8-5-9-13-18/h3-13,15H,1,14H2,2H3. The molecule has 144 valence electrons. The second-order valence-corrected chi connectivity index (χ2v) is 7.21. The fraction of sp³-hybridized carbons (Fsp3) is 0.0870. The van der Waals surface area contributed by atoms with Gasteiger partial charge in [0.05, 0.1) is 5.69 Å². The zero-order valence-electron chi connectivity index (χ0n) is 15.9. The van der Waals surface area contributed by atoms with E-state index in [4.69, 9.17) is 4.42 Å². The first-order valence-electron chi connectivity index (χ1n) is 9.14. The minimum absolute atomic E-state index is 0.262. The van der Waals surface area contributed by atoms with Crippen LogP contribution in [-0.2, 0) is 0 Å². The van der Waals surface area contributed by atoms with Crippen molar-refractivity contribution in [2.24, 2.45) is 0 Å². The van der Waals surface area contributed by atoms with Gasteiger partial charge in [-0.3, -0.25) is 9.69 Å². The Balaban J connectivity index is 1.66. The summed E-state index contributed by atoms with van der Waals surface area (Å²) in [5, 5.41) is 2.54. The van der Waals surface area contributed by atoms with Gasteiger partial charge < -0.3 is 4.42 Å². The van der Waals surface area contributed by atoms with Gasteiger partial charge in [0, 0.05) is 23.1 Å². The molecule has 1 amide bonds. The molecule has 5 nitrogen and oxygen atoms in total. The van der Waals surface area contributed by atoms with Gasteiger partial charge in [-0.25, -0.2) is 9.97 Å². The van der Waals surface area contributed by atoms with Crippen LogP contribution in [0, 0.1) is 6.92 Å². The van der Waals surface area contributed by atoms with Crippen molar-refractivity contribution in [1.29, 1.82) is 0 Å². The molecule has 29 heavy (non-hydrogen) atoms. The molecule has 0 atom stereocenters. The molecule has 0 aliphatic rings. The molecule has 2 heterocycles. The van der Waals surface area contributed by atoms with Crippen LogP contribution < -0.4 is 4.90 Å². The van der Waals surface area contributed by atoms with Crippen molar-refractivity contribution in [2.45, 2.75) is 6.92 Å². The van der Waals surface area contributed by atoms with Gasteiger partial charge in [-0.1, -0.05) is 54.6 Å². The number of hydrogen-bond donors (Lipinski definition) is 0. The normalized spacial score (nSPS) is 10.7. The number of carbonyl (C=O) groups excluding carboxylic acids is 1. The summed E-state index contributed by atoms with van der Waals surface area (Å²) in [6, 6.07) is 19.4. The van der Waals surface area contributed by atoms with Crippen LogP contribution in [-0.4, -0.2) is 22.4 Å². The highest BCUT2D eigenvalue weighted by molar-refractivity contribution is 7.14. The molecule has 2 aromatic carbocycles. The van der Waals surface area contributed by atoms with E-state index in [1.54, 1.807) is 17.9 Å². The van der Waals surface area contributed by atoms with E-state index in [1.165, 1.54) is 11.3 Å². The highest BCUT2D eigenvalue weighted by atomic mass is 32.1. The summed E-state index contributed by atoms with van der Waals surface area (Å²) in [4.78, 5) is 24.0. The lowest BCUT2D eigenvalue weighted by molar-refractivity contribution is 0.0984. The van der Waals surface area contributed by atoms with Crippen LogP contribution in [0.4, 0.5) is 5.13 Å². The second kappa shape index (κ2) is 8.24. The summed E-state index contributed by atoms with van der Waals surface area (Å²) in [7, 11) is 0. The maximum Gasteiger partial charge on any atom is 0.282 e. The van der Waals surface area contributed by atoms with Gasteiger partial charge in [0.25, 0.3) is 5.91 Å². The van der Waals surface area contributed by atoms with Crippen LogP contribution in [0.25, 0.3) is 22.7 Å². The first-order valence-corrected chi connectivity index (χ1v) is 10.0. The summed E-state index contributed by atoms with van der Waals surface area (Å²) in [6.45, 7) is 5.85. The highest BCUT2D eigenvalue weighted by Gasteiger charge is 2.26. The number of benzene rings is 2. The van der Waals surface area contributed by atoms with E-state index in [-0.39, 0.29) is 11.6 Å². The molecule has 0 fully saturated rings. The number of oxazole rings is 1. The zero-order chi connectivity index (χ0) is 20.2. The van der Waals surface area contributed by atoms with Crippen LogP contribution in [0.1, 0.15) is 16.2 Å². The Hall–Kier alpha value is -3.51. The minimum atomic E-state index is -0.262. The molecule has 0 saturated heterocycles. The van der Waals surface area contributed by atoms with Gasteiger partial charge in [0.1, 0.15) is 5.76 Å². The number of hydrogen-bond acceptors (Lipinski definition) is 5. The number of aryl methyl sites for hydroxylation is 1. The number of rotatable bonds is 6. The molecule has 0 aliphatic carbocycles. The lowest BCUT2D eigenvalue weighted by atomic mass is 10.2. The zero-order valence-corrected chi connectivity index (χ0v) is 16.7. The SMILES string of the molecule is C=CCN(C(=O)c1nc(-c2ccccc2)oc1C)c1nc(-c2ccccc2)cs1. The summed E-state index contributed by atoms with van der Waals surface area (Å²) >= 11 is 1.41. The van der Waals surface area contributed by atoms with Crippen molar-refractivity contribution >= 4 is 22.4 Å². The van der Waals surface area contributed by atoms with Crippen LogP contribution in [0.15, 0.2) is 83.1 Å². The van der Waals surface area contributed by atoms with Crippen molar-refractivity contribution < 1.29 is 9.21 Å². The molecular weight excluding hydrogens is 382 g/mol. The average Bonchev–Trinajstić information content (AvgIpc) is 3.40. The number of anilines is 1. The van der Waals surface area contributed by atoms with E-state index >= 15 is 0 Å². The van der Waals surface area contributed by atoms with Crippen LogP contribution in [0.5, 0.6) is 0 Å². The Bertz CT molecular complexity index is 1130. The summed E-state index contributed by atoms with van der Waals surface area (Å²) < 4.78 is 5.76. The maximum absolute atomic E-state index is 13.3. The fourth-order valence-electron chi connectivity index (χ4n) is 2.93. The third kappa shape index (κ3) is 3.88. The second-order valence-electron chi connectivity index (χ2n) is 6.38. The monoisotopic (exact) mass is 401 g/mol. The fourth-order valence-corrected chi connectivity index (χ4v) is 3.78. The molecular formula is C23H19N3O2S. The molecule has 0 N–H and O–H groups in total. The van der Waals surface area contributed by atoms with Crippen LogP contribution in [0.2, 0.25) is 0 Å². The number of carbonyl (C=O) groups is 1. The predicted molar refractivity (Wildman–Crippen MR) is 116 cm³/mol. The van der Waals surface area contributed by atoms with E-state index in [2.05, 4.69) is 16.5 Å². The van der Waals surface area contributed by atoms with Crippen LogP contribution >= 0.6 is 11.3 Å². The van der Waals surface area contributed by atoms with E-state index in [0.717, 1.165) is 16.8 Å². The first-order chi connectivity index (χ1) is 14.2. The number of thiazole rings is 1. The Morgan fingerprint density at radius 1 is 1.07 bits per heavy atom. The van der Waals surface area contributed by atoms with Gasteiger partial charge >= 0.3 is 0 Å². The molecule has 0 bridgehead atoms. The minimum Gasteiger partial charge on any atom is -0.441 e. The number of amides is 1. The van der Waals surface area contributed by atoms with Gasteiger partial charge in [0.2, 0.25) is 5.89 Å². The summed E-state index contributed by atoms with van der Waals surface area (Å²) in [5.74, 6) is 0.638. The third-order valence-corrected chi connectivity index (χ3v) is 5.23. The third-order valence-electron chi connectivity index (χ3n) is 4.37. The van der Waals surface area contributed by atoms with Gasteiger partial charge in [-0.15, -0.1) is 17.9 Å². The van der Waals surface area contributed by atoms with Crippen molar-refractivity contribution in [3.8, 4) is 22.7 Å². The molecule has 6 heteroatoms. The predicted octanol–water partition coefficient (Wildman–Crippen LogP) is 5.61. The molecule has 0 saturated carbocycles. The summed E-state index contributed by atoms with van der Waals surface area (Å²) in [5.41, 5.74) is 2.94. The molecule has 0 aliphatic heterocycles. The average molecular weight is 401 g/mol. The molecule has 0 radical (unpaired) electrons. The summed E-state index contributed by atoms with van der Waals surface area (Å²) in [6.07, 6.45) is 1.68. The lowest BCUT2D eigenvalue weighted by Crippen LogP contribution is -2.31.